The number of rotatable bonds is 3. The summed E-state index contributed by atoms with van der Waals surface area (Å²) in [5.74, 6) is -1.14. The predicted molar refractivity (Wildman–Crippen MR) is 73.6 cm³/mol. The van der Waals surface area contributed by atoms with Crippen molar-refractivity contribution in [3.05, 3.63) is 29.6 Å². The number of ether oxygens (including phenoxy) is 1. The number of alkyl carbamates (subject to hydrolysis) is 1. The Balaban J connectivity index is 2.94. The minimum Gasteiger partial charge on any atom is -0.477 e. The molecule has 0 aromatic carbocycles. The van der Waals surface area contributed by atoms with Crippen molar-refractivity contribution in [1.29, 1.82) is 0 Å². The van der Waals surface area contributed by atoms with E-state index in [-0.39, 0.29) is 11.5 Å². The van der Waals surface area contributed by atoms with Gasteiger partial charge in [0, 0.05) is 11.8 Å². The molecule has 0 spiro atoms. The number of carbonyl (C=O) groups excluding carboxylic acids is 1. The molecule has 1 aromatic heterocycles. The normalized spacial score (nSPS) is 11.8. The van der Waals surface area contributed by atoms with Crippen molar-refractivity contribution in [2.45, 2.75) is 26.4 Å². The molecule has 0 saturated heterocycles. The van der Waals surface area contributed by atoms with Crippen molar-refractivity contribution in [1.82, 2.24) is 10.3 Å². The number of pyridine rings is 1. The molecule has 20 heavy (non-hydrogen) atoms. The Kier molecular flexibility index (Phi) is 4.68. The summed E-state index contributed by atoms with van der Waals surface area (Å²) in [6, 6.07) is 3.19. The summed E-state index contributed by atoms with van der Waals surface area (Å²) in [6.07, 6.45) is 1.84. The first-order chi connectivity index (χ1) is 9.19. The highest BCUT2D eigenvalue weighted by Crippen LogP contribution is 2.12. The zero-order valence-electron chi connectivity index (χ0n) is 11.5. The number of nitrogens with two attached hydrogens (primary N) is 1. The van der Waals surface area contributed by atoms with Crippen LogP contribution >= 0.6 is 0 Å². The summed E-state index contributed by atoms with van der Waals surface area (Å²) >= 11 is 0. The molecule has 0 radical (unpaired) electrons. The lowest BCUT2D eigenvalue weighted by Gasteiger charge is -2.19. The van der Waals surface area contributed by atoms with E-state index in [1.54, 1.807) is 32.9 Å². The molecule has 0 bridgehead atoms. The number of nitrogens with zero attached hydrogens (tertiary/aromatic N) is 1. The van der Waals surface area contributed by atoms with Gasteiger partial charge in [0.15, 0.2) is 0 Å². The third kappa shape index (κ3) is 4.97. The predicted octanol–water partition coefficient (Wildman–Crippen LogP) is 1.61. The Morgan fingerprint density at radius 3 is 2.60 bits per heavy atom. The van der Waals surface area contributed by atoms with E-state index in [1.165, 1.54) is 12.3 Å². The van der Waals surface area contributed by atoms with Crippen molar-refractivity contribution in [2.75, 3.05) is 5.73 Å². The van der Waals surface area contributed by atoms with Crippen LogP contribution in [0, 0.1) is 0 Å². The molecule has 7 nitrogen and oxygen atoms in total. The van der Waals surface area contributed by atoms with Gasteiger partial charge < -0.3 is 15.6 Å². The molecule has 108 valence electrons. The highest BCUT2D eigenvalue weighted by atomic mass is 16.6. The summed E-state index contributed by atoms with van der Waals surface area (Å²) in [5, 5.41) is 11.2. The van der Waals surface area contributed by atoms with E-state index >= 15 is 0 Å². The van der Waals surface area contributed by atoms with Gasteiger partial charge in [-0.15, -0.1) is 0 Å². The van der Waals surface area contributed by atoms with Gasteiger partial charge in [0.2, 0.25) is 0 Å². The van der Waals surface area contributed by atoms with Crippen LogP contribution in [0.25, 0.3) is 6.08 Å². The van der Waals surface area contributed by atoms with E-state index < -0.39 is 17.7 Å². The lowest BCUT2D eigenvalue weighted by Crippen LogP contribution is -2.34. The highest BCUT2D eigenvalue weighted by molar-refractivity contribution is 5.96. The fourth-order valence-corrected chi connectivity index (χ4v) is 1.27. The number of carboxylic acid groups (broad SMARTS) is 1. The van der Waals surface area contributed by atoms with Gasteiger partial charge in [-0.2, -0.15) is 0 Å². The maximum absolute atomic E-state index is 11.6. The third-order valence-corrected chi connectivity index (χ3v) is 2.04. The number of anilines is 1. The topological polar surface area (TPSA) is 115 Å². The number of hydrogen-bond donors (Lipinski definition) is 3. The Morgan fingerprint density at radius 1 is 1.45 bits per heavy atom. The molecule has 1 rings (SSSR count). The largest absolute Gasteiger partial charge is 0.477 e. The van der Waals surface area contributed by atoms with Gasteiger partial charge in [-0.05, 0) is 39.0 Å². The van der Waals surface area contributed by atoms with Crippen molar-refractivity contribution in [3.63, 3.8) is 0 Å². The van der Waals surface area contributed by atoms with Crippen LogP contribution in [-0.4, -0.2) is 27.8 Å². The van der Waals surface area contributed by atoms with Crippen LogP contribution in [0.5, 0.6) is 0 Å². The van der Waals surface area contributed by atoms with Crippen molar-refractivity contribution < 1.29 is 19.4 Å². The van der Waals surface area contributed by atoms with Crippen LogP contribution in [0.2, 0.25) is 0 Å². The molecular formula is C13H17N3O4. The fourth-order valence-electron chi connectivity index (χ4n) is 1.27. The van der Waals surface area contributed by atoms with Crippen LogP contribution in [0.4, 0.5) is 10.6 Å². The number of carboxylic acids is 1. The van der Waals surface area contributed by atoms with Gasteiger partial charge >= 0.3 is 12.1 Å². The second kappa shape index (κ2) is 6.05. The van der Waals surface area contributed by atoms with E-state index in [1.807, 2.05) is 0 Å². The van der Waals surface area contributed by atoms with Crippen molar-refractivity contribution >= 4 is 24.0 Å². The molecule has 1 aromatic rings. The smallest absolute Gasteiger partial charge is 0.412 e. The van der Waals surface area contributed by atoms with Gasteiger partial charge in [0.25, 0.3) is 0 Å². The summed E-state index contributed by atoms with van der Waals surface area (Å²) in [4.78, 5) is 26.5. The maximum atomic E-state index is 11.6. The standard InChI is InChI=1S/C13H17N3O4/c1-13(2,3)20-12(19)16-9(11(17)18)7-8-5-4-6-15-10(8)14/h4-7H,1-3H3,(H2,14,15)(H,16,19)(H,17,18)/b9-7+. The lowest BCUT2D eigenvalue weighted by atomic mass is 10.2. The van der Waals surface area contributed by atoms with Gasteiger partial charge in [0.05, 0.1) is 0 Å². The number of aliphatic carboxylic acids is 1. The Bertz CT molecular complexity index is 547. The fraction of sp³-hybridized carbons (Fsp3) is 0.308. The molecule has 0 aliphatic rings. The molecule has 1 amide bonds. The molecule has 7 heteroatoms. The first kappa shape index (κ1) is 15.5. The number of amides is 1. The van der Waals surface area contributed by atoms with Crippen LogP contribution in [-0.2, 0) is 9.53 Å². The van der Waals surface area contributed by atoms with E-state index in [0.717, 1.165) is 0 Å². The van der Waals surface area contributed by atoms with E-state index in [0.29, 0.717) is 5.56 Å². The number of carbonyl (C=O) groups is 2. The minimum atomic E-state index is -1.31. The summed E-state index contributed by atoms with van der Waals surface area (Å²) in [6.45, 7) is 5.03. The van der Waals surface area contributed by atoms with Crippen molar-refractivity contribution in [3.8, 4) is 0 Å². The molecular weight excluding hydrogens is 262 g/mol. The van der Waals surface area contributed by atoms with Gasteiger partial charge in [-0.3, -0.25) is 5.32 Å². The van der Waals surface area contributed by atoms with E-state index in [2.05, 4.69) is 10.3 Å². The Hall–Kier alpha value is -2.57. The van der Waals surface area contributed by atoms with Crippen LogP contribution in [0.1, 0.15) is 26.3 Å². The molecule has 0 aliphatic heterocycles. The highest BCUT2D eigenvalue weighted by Gasteiger charge is 2.19. The zero-order chi connectivity index (χ0) is 15.3. The van der Waals surface area contributed by atoms with Gasteiger partial charge in [0.1, 0.15) is 17.1 Å². The lowest BCUT2D eigenvalue weighted by molar-refractivity contribution is -0.133. The van der Waals surface area contributed by atoms with Crippen molar-refractivity contribution in [2.24, 2.45) is 0 Å². The van der Waals surface area contributed by atoms with Gasteiger partial charge in [-0.25, -0.2) is 14.6 Å². The monoisotopic (exact) mass is 279 g/mol. The first-order valence-electron chi connectivity index (χ1n) is 5.84. The number of nitrogens with one attached hydrogen (secondary N) is 1. The second-order valence-electron chi connectivity index (χ2n) is 4.97. The molecule has 4 N–H and O–H groups in total. The molecule has 0 atom stereocenters. The average molecular weight is 279 g/mol. The van der Waals surface area contributed by atoms with Crippen LogP contribution in [0.15, 0.2) is 24.0 Å². The second-order valence-corrected chi connectivity index (χ2v) is 4.97. The SMILES string of the molecule is CC(C)(C)OC(=O)N/C(=C/c1cccnc1N)C(=O)O. The molecule has 0 saturated carbocycles. The Labute approximate surface area is 116 Å². The quantitative estimate of drug-likeness (QED) is 0.724. The average Bonchev–Trinajstić information content (AvgIpc) is 2.28. The zero-order valence-corrected chi connectivity index (χ0v) is 11.5. The Morgan fingerprint density at radius 2 is 2.10 bits per heavy atom. The van der Waals surface area contributed by atoms with Crippen LogP contribution < -0.4 is 11.1 Å². The minimum absolute atomic E-state index is 0.164. The van der Waals surface area contributed by atoms with E-state index in [9.17, 15) is 9.59 Å². The maximum Gasteiger partial charge on any atom is 0.412 e. The summed E-state index contributed by atoms with van der Waals surface area (Å²) in [7, 11) is 0. The van der Waals surface area contributed by atoms with Gasteiger partial charge in [-0.1, -0.05) is 0 Å². The number of aromatic nitrogens is 1. The molecule has 0 unspecified atom stereocenters. The molecule has 0 fully saturated rings. The van der Waals surface area contributed by atoms with E-state index in [4.69, 9.17) is 15.6 Å². The summed E-state index contributed by atoms with van der Waals surface area (Å²) < 4.78 is 4.99. The summed E-state index contributed by atoms with van der Waals surface area (Å²) in [5.41, 5.74) is 4.93. The van der Waals surface area contributed by atoms with Crippen LogP contribution in [0.3, 0.4) is 0 Å². The number of hydrogen-bond acceptors (Lipinski definition) is 5. The molecule has 1 heterocycles. The third-order valence-electron chi connectivity index (χ3n) is 2.04. The molecule has 0 aliphatic carbocycles. The number of nitrogen functional groups attached to an aromatic ring is 1. The first-order valence-corrected chi connectivity index (χ1v) is 5.84.